The summed E-state index contributed by atoms with van der Waals surface area (Å²) in [6.45, 7) is 2.18. The number of hydrogen-bond donors (Lipinski definition) is 1. The molecule has 0 saturated carbocycles. The molecule has 0 aliphatic carbocycles. The van der Waals surface area contributed by atoms with Crippen LogP contribution in [0.5, 0.6) is 0 Å². The van der Waals surface area contributed by atoms with Crippen molar-refractivity contribution in [3.05, 3.63) is 0 Å². The van der Waals surface area contributed by atoms with Gasteiger partial charge in [-0.25, -0.2) is 12.7 Å². The lowest BCUT2D eigenvalue weighted by Crippen LogP contribution is -2.28. The summed E-state index contributed by atoms with van der Waals surface area (Å²) in [4.78, 5) is 10.7. The van der Waals surface area contributed by atoms with Crippen molar-refractivity contribution in [1.29, 1.82) is 0 Å². The first-order valence-corrected chi connectivity index (χ1v) is 5.85. The van der Waals surface area contributed by atoms with Crippen LogP contribution in [-0.2, 0) is 14.8 Å². The Morgan fingerprint density at radius 2 is 2.00 bits per heavy atom. The van der Waals surface area contributed by atoms with Gasteiger partial charge in [0.2, 0.25) is 10.0 Å². The molecule has 13 heavy (non-hydrogen) atoms. The fraction of sp³-hybridized carbons (Fsp3) is 0.857. The Balaban J connectivity index is 2.77. The topological polar surface area (TPSA) is 74.7 Å². The van der Waals surface area contributed by atoms with E-state index in [0.717, 1.165) is 6.26 Å². The molecular formula is C7H13NO4S. The highest BCUT2D eigenvalue weighted by Crippen LogP contribution is 2.24. The van der Waals surface area contributed by atoms with Crippen molar-refractivity contribution in [2.45, 2.75) is 6.92 Å². The smallest absolute Gasteiger partial charge is 0.308 e. The Kier molecular flexibility index (Phi) is 2.63. The van der Waals surface area contributed by atoms with Gasteiger partial charge in [-0.3, -0.25) is 4.79 Å². The summed E-state index contributed by atoms with van der Waals surface area (Å²) in [5, 5.41) is 8.75. The van der Waals surface area contributed by atoms with Crippen molar-refractivity contribution in [2.24, 2.45) is 11.8 Å². The van der Waals surface area contributed by atoms with Gasteiger partial charge < -0.3 is 5.11 Å². The van der Waals surface area contributed by atoms with Crippen LogP contribution < -0.4 is 0 Å². The number of rotatable bonds is 2. The van der Waals surface area contributed by atoms with E-state index in [9.17, 15) is 13.2 Å². The Hall–Kier alpha value is -0.620. The molecule has 76 valence electrons. The van der Waals surface area contributed by atoms with Gasteiger partial charge in [0.1, 0.15) is 0 Å². The quantitative estimate of drug-likeness (QED) is 0.668. The van der Waals surface area contributed by atoms with Crippen molar-refractivity contribution in [2.75, 3.05) is 19.3 Å². The zero-order valence-electron chi connectivity index (χ0n) is 7.60. The van der Waals surface area contributed by atoms with Crippen molar-refractivity contribution in [1.82, 2.24) is 4.31 Å². The van der Waals surface area contributed by atoms with Crippen LogP contribution >= 0.6 is 0 Å². The van der Waals surface area contributed by atoms with Crippen LogP contribution in [0.3, 0.4) is 0 Å². The molecule has 0 radical (unpaired) electrons. The molecule has 5 nitrogen and oxygen atoms in total. The van der Waals surface area contributed by atoms with Crippen LogP contribution in [0.15, 0.2) is 0 Å². The third kappa shape index (κ3) is 2.19. The molecule has 0 amide bonds. The molecule has 1 saturated heterocycles. The van der Waals surface area contributed by atoms with E-state index in [0.29, 0.717) is 6.54 Å². The molecule has 0 aromatic heterocycles. The molecule has 1 aliphatic rings. The van der Waals surface area contributed by atoms with E-state index in [2.05, 4.69) is 0 Å². The van der Waals surface area contributed by atoms with Crippen LogP contribution in [0.1, 0.15) is 6.92 Å². The first kappa shape index (κ1) is 10.5. The number of aliphatic carboxylic acids is 1. The highest BCUT2D eigenvalue weighted by molar-refractivity contribution is 7.88. The Labute approximate surface area is 77.4 Å². The van der Waals surface area contributed by atoms with E-state index in [1.807, 2.05) is 0 Å². The second kappa shape index (κ2) is 3.26. The van der Waals surface area contributed by atoms with E-state index in [-0.39, 0.29) is 12.5 Å². The Bertz CT molecular complexity index is 310. The molecular weight excluding hydrogens is 194 g/mol. The highest BCUT2D eigenvalue weighted by Gasteiger charge is 2.38. The Morgan fingerprint density at radius 1 is 1.46 bits per heavy atom. The predicted molar refractivity (Wildman–Crippen MR) is 46.7 cm³/mol. The fourth-order valence-electron chi connectivity index (χ4n) is 1.51. The molecule has 0 bridgehead atoms. The van der Waals surface area contributed by atoms with Gasteiger partial charge in [0.15, 0.2) is 0 Å². The Morgan fingerprint density at radius 3 is 2.23 bits per heavy atom. The molecule has 0 aromatic rings. The first-order chi connectivity index (χ1) is 5.82. The summed E-state index contributed by atoms with van der Waals surface area (Å²) in [5.41, 5.74) is 0. The third-order valence-corrected chi connectivity index (χ3v) is 3.60. The lowest BCUT2D eigenvalue weighted by Gasteiger charge is -2.11. The van der Waals surface area contributed by atoms with Gasteiger partial charge in [-0.05, 0) is 5.92 Å². The van der Waals surface area contributed by atoms with E-state index < -0.39 is 21.9 Å². The molecule has 0 aromatic carbocycles. The number of nitrogens with zero attached hydrogens (tertiary/aromatic N) is 1. The number of carboxylic acid groups (broad SMARTS) is 1. The summed E-state index contributed by atoms with van der Waals surface area (Å²) < 4.78 is 23.4. The van der Waals surface area contributed by atoms with E-state index in [1.165, 1.54) is 4.31 Å². The van der Waals surface area contributed by atoms with Crippen LogP contribution in [0.25, 0.3) is 0 Å². The monoisotopic (exact) mass is 207 g/mol. The van der Waals surface area contributed by atoms with Gasteiger partial charge in [-0.1, -0.05) is 6.92 Å². The molecule has 2 unspecified atom stereocenters. The zero-order chi connectivity index (χ0) is 10.2. The maximum atomic E-state index is 11.1. The van der Waals surface area contributed by atoms with Crippen molar-refractivity contribution < 1.29 is 18.3 Å². The van der Waals surface area contributed by atoms with Crippen molar-refractivity contribution in [3.8, 4) is 0 Å². The average molecular weight is 207 g/mol. The fourth-order valence-corrected chi connectivity index (χ4v) is 2.45. The predicted octanol–water partition coefficient (Wildman–Crippen LogP) is -0.402. The second-order valence-corrected chi connectivity index (χ2v) is 5.48. The van der Waals surface area contributed by atoms with Crippen LogP contribution in [-0.4, -0.2) is 43.1 Å². The van der Waals surface area contributed by atoms with E-state index in [1.54, 1.807) is 6.92 Å². The summed E-state index contributed by atoms with van der Waals surface area (Å²) >= 11 is 0. The molecule has 1 aliphatic heterocycles. The average Bonchev–Trinajstić information content (AvgIpc) is 2.29. The lowest BCUT2D eigenvalue weighted by atomic mass is 9.99. The molecule has 1 N–H and O–H groups in total. The van der Waals surface area contributed by atoms with Gasteiger partial charge >= 0.3 is 5.97 Å². The molecule has 6 heteroatoms. The van der Waals surface area contributed by atoms with Crippen LogP contribution in [0, 0.1) is 11.8 Å². The maximum Gasteiger partial charge on any atom is 0.308 e. The van der Waals surface area contributed by atoms with Crippen LogP contribution in [0.2, 0.25) is 0 Å². The minimum atomic E-state index is -3.23. The van der Waals surface area contributed by atoms with E-state index >= 15 is 0 Å². The molecule has 0 spiro atoms. The maximum absolute atomic E-state index is 11.1. The summed E-state index contributed by atoms with van der Waals surface area (Å²) in [5.74, 6) is -1.58. The molecule has 1 rings (SSSR count). The normalized spacial score (nSPS) is 30.6. The summed E-state index contributed by atoms with van der Waals surface area (Å²) in [6.07, 6.45) is 1.10. The van der Waals surface area contributed by atoms with Crippen molar-refractivity contribution >= 4 is 16.0 Å². The lowest BCUT2D eigenvalue weighted by molar-refractivity contribution is -0.142. The molecule has 2 atom stereocenters. The second-order valence-electron chi connectivity index (χ2n) is 3.50. The third-order valence-electron chi connectivity index (χ3n) is 2.37. The van der Waals surface area contributed by atoms with Gasteiger partial charge in [0.25, 0.3) is 0 Å². The number of sulfonamides is 1. The summed E-state index contributed by atoms with van der Waals surface area (Å²) in [6, 6.07) is 0. The number of carboxylic acids is 1. The number of carbonyl (C=O) groups is 1. The molecule has 1 fully saturated rings. The SMILES string of the molecule is CC1CN(S(C)(=O)=O)CC1C(=O)O. The zero-order valence-corrected chi connectivity index (χ0v) is 8.41. The van der Waals surface area contributed by atoms with Gasteiger partial charge in [0.05, 0.1) is 12.2 Å². The summed E-state index contributed by atoms with van der Waals surface area (Å²) in [7, 11) is -3.23. The standard InChI is InChI=1S/C7H13NO4S/c1-5-3-8(13(2,11)12)4-6(5)7(9)10/h5-6H,3-4H2,1-2H3,(H,9,10). The van der Waals surface area contributed by atoms with Gasteiger partial charge in [0, 0.05) is 13.1 Å². The number of hydrogen-bond acceptors (Lipinski definition) is 3. The largest absolute Gasteiger partial charge is 0.481 e. The first-order valence-electron chi connectivity index (χ1n) is 4.00. The minimum absolute atomic E-state index is 0.104. The van der Waals surface area contributed by atoms with Gasteiger partial charge in [-0.15, -0.1) is 0 Å². The van der Waals surface area contributed by atoms with Gasteiger partial charge in [-0.2, -0.15) is 0 Å². The van der Waals surface area contributed by atoms with Crippen molar-refractivity contribution in [3.63, 3.8) is 0 Å². The minimum Gasteiger partial charge on any atom is -0.481 e. The van der Waals surface area contributed by atoms with Crippen LogP contribution in [0.4, 0.5) is 0 Å². The van der Waals surface area contributed by atoms with E-state index in [4.69, 9.17) is 5.11 Å². The molecule has 1 heterocycles. The highest BCUT2D eigenvalue weighted by atomic mass is 32.2.